The van der Waals surface area contributed by atoms with Gasteiger partial charge < -0.3 is 4.48 Å². The van der Waals surface area contributed by atoms with Crippen LogP contribution >= 0.6 is 0 Å². The Balaban J connectivity index is 0. The lowest BCUT2D eigenvalue weighted by atomic mass is 10.0. The molecule has 0 fully saturated rings. The molecule has 7 nitrogen and oxygen atoms in total. The second-order valence-electron chi connectivity index (χ2n) is 8.85. The smallest absolute Gasteiger partial charge is 0.328 e. The van der Waals surface area contributed by atoms with Gasteiger partial charge in [0, 0.05) is 4.91 Å². The number of quaternary nitrogens is 1. The van der Waals surface area contributed by atoms with Crippen LogP contribution in [0.1, 0.15) is 96.8 Å². The van der Waals surface area contributed by atoms with Crippen molar-refractivity contribution in [3.63, 3.8) is 0 Å². The van der Waals surface area contributed by atoms with Gasteiger partial charge in [0.1, 0.15) is 0 Å². The highest BCUT2D eigenvalue weighted by atomic mass is 32.2. The second-order valence-corrected chi connectivity index (χ2v) is 10.3. The first-order valence-corrected chi connectivity index (χ1v) is 13.2. The maximum Gasteiger partial charge on any atom is 0.522 e. The molecule has 1 N–H and O–H groups in total. The van der Waals surface area contributed by atoms with Crippen molar-refractivity contribution in [3.05, 3.63) is 10.4 Å². The molecule has 0 aromatic carbocycles. The average Bonchev–Trinajstić information content (AvgIpc) is 2.67. The quantitative estimate of drug-likeness (QED) is 0.0417. The van der Waals surface area contributed by atoms with Crippen LogP contribution in [0.15, 0.2) is 5.11 Å². The minimum atomic E-state index is -5.84. The Labute approximate surface area is 192 Å². The molecular formula is C21H44F3N4O3S+. The summed E-state index contributed by atoms with van der Waals surface area (Å²) in [6, 6.07) is 0. The van der Waals surface area contributed by atoms with Crippen LogP contribution in [0.5, 0.6) is 0 Å². The predicted molar refractivity (Wildman–Crippen MR) is 124 cm³/mol. The van der Waals surface area contributed by atoms with Gasteiger partial charge in [-0.25, -0.2) is 0 Å². The Morgan fingerprint density at radius 1 is 0.812 bits per heavy atom. The highest BCUT2D eigenvalue weighted by molar-refractivity contribution is 7.86. The summed E-state index contributed by atoms with van der Waals surface area (Å²) in [6.45, 7) is 5.04. The number of hydrogen-bond donors (Lipinski definition) is 1. The van der Waals surface area contributed by atoms with Crippen molar-refractivity contribution in [2.24, 2.45) is 5.11 Å². The van der Waals surface area contributed by atoms with Crippen molar-refractivity contribution in [1.29, 1.82) is 0 Å². The predicted octanol–water partition coefficient (Wildman–Crippen LogP) is 7.25. The molecule has 0 unspecified atom stereocenters. The van der Waals surface area contributed by atoms with E-state index in [-0.39, 0.29) is 0 Å². The highest BCUT2D eigenvalue weighted by Crippen LogP contribution is 2.20. The van der Waals surface area contributed by atoms with E-state index in [1.165, 1.54) is 96.4 Å². The maximum atomic E-state index is 10.7. The van der Waals surface area contributed by atoms with Crippen LogP contribution in [-0.2, 0) is 10.1 Å². The Morgan fingerprint density at radius 3 is 1.47 bits per heavy atom. The molecule has 0 aromatic rings. The molecule has 0 bridgehead atoms. The normalized spacial score (nSPS) is 12.1. The maximum absolute atomic E-state index is 10.7. The van der Waals surface area contributed by atoms with E-state index in [0.717, 1.165) is 11.0 Å². The highest BCUT2D eigenvalue weighted by Gasteiger charge is 2.44. The van der Waals surface area contributed by atoms with Crippen LogP contribution in [0, 0.1) is 0 Å². The number of azide groups is 1. The molecular weight excluding hydrogens is 445 g/mol. The molecule has 0 amide bonds. The Hall–Kier alpha value is -1.03. The van der Waals surface area contributed by atoms with Crippen LogP contribution in [0.4, 0.5) is 13.2 Å². The number of halogens is 3. The lowest BCUT2D eigenvalue weighted by Gasteiger charge is -2.29. The number of hydrogen-bond acceptors (Lipinski definition) is 3. The van der Waals surface area contributed by atoms with Crippen LogP contribution in [0.25, 0.3) is 10.4 Å². The lowest BCUT2D eigenvalue weighted by Crippen LogP contribution is -2.42. The molecule has 192 valence electrons. The van der Waals surface area contributed by atoms with Crippen molar-refractivity contribution < 1.29 is 30.6 Å². The summed E-state index contributed by atoms with van der Waals surface area (Å²) in [5.74, 6) is 0. The number of likely N-dealkylation sites (N-methyl/N-ethyl adjacent to an activating group) is 1. The molecule has 0 aliphatic heterocycles. The molecule has 0 aliphatic carbocycles. The minimum Gasteiger partial charge on any atom is -0.328 e. The SMILES string of the molecule is CCCCCCCCCCCCCCCC[N+](C)(C)CCN=[N+]=[N-].O=S(=O)(O)C(F)(F)F. The van der Waals surface area contributed by atoms with Crippen molar-refractivity contribution in [1.82, 2.24) is 0 Å². The van der Waals surface area contributed by atoms with Gasteiger partial charge in [-0.1, -0.05) is 89.1 Å². The minimum absolute atomic E-state index is 0.613. The molecule has 0 aromatic heterocycles. The molecule has 32 heavy (non-hydrogen) atoms. The lowest BCUT2D eigenvalue weighted by molar-refractivity contribution is -0.889. The zero-order valence-corrected chi connectivity index (χ0v) is 20.9. The fourth-order valence-electron chi connectivity index (χ4n) is 3.21. The van der Waals surface area contributed by atoms with Crippen molar-refractivity contribution in [2.75, 3.05) is 33.7 Å². The van der Waals surface area contributed by atoms with Gasteiger partial charge in [-0.05, 0) is 18.4 Å². The summed E-state index contributed by atoms with van der Waals surface area (Å²) in [7, 11) is -1.38. The first-order valence-electron chi connectivity index (χ1n) is 11.7. The summed E-state index contributed by atoms with van der Waals surface area (Å²) in [6.07, 6.45) is 19.7. The van der Waals surface area contributed by atoms with E-state index < -0.39 is 15.6 Å². The van der Waals surface area contributed by atoms with Crippen molar-refractivity contribution in [3.8, 4) is 0 Å². The molecule has 0 saturated carbocycles. The molecule has 0 atom stereocenters. The van der Waals surface area contributed by atoms with Gasteiger partial charge in [0.05, 0.1) is 33.7 Å². The topological polar surface area (TPSA) is 103 Å². The number of alkyl halides is 3. The monoisotopic (exact) mass is 489 g/mol. The molecule has 0 aliphatic rings. The van der Waals surface area contributed by atoms with Gasteiger partial charge >= 0.3 is 15.6 Å². The van der Waals surface area contributed by atoms with Crippen molar-refractivity contribution in [2.45, 2.75) is 102 Å². The molecule has 11 heteroatoms. The summed E-state index contributed by atoms with van der Waals surface area (Å²) >= 11 is 0. The molecule has 0 spiro atoms. The molecule has 0 rings (SSSR count). The first kappa shape index (κ1) is 33.1. The van der Waals surface area contributed by atoms with E-state index >= 15 is 0 Å². The second kappa shape index (κ2) is 19.4. The zero-order valence-electron chi connectivity index (χ0n) is 20.1. The number of rotatable bonds is 18. The third-order valence-electron chi connectivity index (χ3n) is 5.28. The van der Waals surface area contributed by atoms with E-state index in [2.05, 4.69) is 31.0 Å². The largest absolute Gasteiger partial charge is 0.522 e. The van der Waals surface area contributed by atoms with Gasteiger partial charge in [0.15, 0.2) is 0 Å². The number of unbranched alkanes of at least 4 members (excludes halogenated alkanes) is 13. The van der Waals surface area contributed by atoms with Crippen LogP contribution in [-0.4, -0.2) is 56.7 Å². The fourth-order valence-corrected chi connectivity index (χ4v) is 3.21. The van der Waals surface area contributed by atoms with E-state index in [0.29, 0.717) is 6.54 Å². The van der Waals surface area contributed by atoms with E-state index in [1.807, 2.05) is 0 Å². The average molecular weight is 490 g/mol. The van der Waals surface area contributed by atoms with E-state index in [9.17, 15) is 13.2 Å². The van der Waals surface area contributed by atoms with Gasteiger partial charge in [-0.3, -0.25) is 4.55 Å². The number of nitrogens with zero attached hydrogens (tertiary/aromatic N) is 4. The molecule has 0 saturated heterocycles. The molecule has 0 radical (unpaired) electrons. The van der Waals surface area contributed by atoms with E-state index in [1.54, 1.807) is 0 Å². The van der Waals surface area contributed by atoms with Crippen LogP contribution in [0.3, 0.4) is 0 Å². The first-order chi connectivity index (χ1) is 14.9. The summed E-state index contributed by atoms with van der Waals surface area (Å²) in [5, 5.41) is 3.64. The Morgan fingerprint density at radius 2 is 1.16 bits per heavy atom. The van der Waals surface area contributed by atoms with Crippen LogP contribution in [0.2, 0.25) is 0 Å². The summed E-state index contributed by atoms with van der Waals surface area (Å²) in [4.78, 5) is 2.83. The van der Waals surface area contributed by atoms with Gasteiger partial charge in [0.25, 0.3) is 0 Å². The molecule has 0 heterocycles. The fraction of sp³-hybridized carbons (Fsp3) is 1.00. The van der Waals surface area contributed by atoms with E-state index in [4.69, 9.17) is 18.5 Å². The van der Waals surface area contributed by atoms with Gasteiger partial charge in [0.2, 0.25) is 0 Å². The zero-order chi connectivity index (χ0) is 24.9. The Kier molecular flexibility index (Phi) is 20.1. The van der Waals surface area contributed by atoms with Gasteiger partial charge in [-0.2, -0.15) is 21.6 Å². The summed E-state index contributed by atoms with van der Waals surface area (Å²) < 4.78 is 58.5. The Bertz CT molecular complexity index is 594. The van der Waals surface area contributed by atoms with Crippen LogP contribution < -0.4 is 0 Å². The van der Waals surface area contributed by atoms with Crippen molar-refractivity contribution >= 4 is 10.1 Å². The third kappa shape index (κ3) is 23.6. The van der Waals surface area contributed by atoms with Gasteiger partial charge in [-0.15, -0.1) is 0 Å². The standard InChI is InChI=1S/C20H43N4.CHF3O3S/c1-4-5-6-7-8-9-10-11-12-13-14-15-16-17-19-24(2,3)20-18-22-23-21;2-1(3,4)8(5,6)7/h4-20H2,1-3H3;(H,5,6,7)/q+1;. The summed E-state index contributed by atoms with van der Waals surface area (Å²) in [5.41, 5.74) is 2.79. The third-order valence-corrected chi connectivity index (χ3v) is 5.86.